The summed E-state index contributed by atoms with van der Waals surface area (Å²) in [5.41, 5.74) is 0.983. The first-order valence-corrected chi connectivity index (χ1v) is 4.02. The Hall–Kier alpha value is -1.16. The van der Waals surface area contributed by atoms with E-state index in [2.05, 4.69) is 10.3 Å². The normalized spacial score (nSPS) is 9.17. The third kappa shape index (κ3) is 1.92. The van der Waals surface area contributed by atoms with E-state index in [1.54, 1.807) is 19.4 Å². The molecule has 0 bridgehead atoms. The van der Waals surface area contributed by atoms with Gasteiger partial charge >= 0.3 is 0 Å². The van der Waals surface area contributed by atoms with Crippen molar-refractivity contribution < 1.29 is 0 Å². The molecule has 1 rings (SSSR count). The molecule has 0 atom stereocenters. The molecule has 0 saturated heterocycles. The molecule has 3 nitrogen and oxygen atoms in total. The number of aromatic nitrogens is 1. The Morgan fingerprint density at radius 2 is 2.42 bits per heavy atom. The van der Waals surface area contributed by atoms with Crippen LogP contribution >= 0.6 is 12.2 Å². The Morgan fingerprint density at radius 1 is 1.67 bits per heavy atom. The maximum absolute atomic E-state index is 5.05. The number of pyridine rings is 1. The minimum atomic E-state index is 0.683. The third-order valence-electron chi connectivity index (χ3n) is 1.55. The summed E-state index contributed by atoms with van der Waals surface area (Å²) < 4.78 is 0. The molecule has 64 valence electrons. The van der Waals surface area contributed by atoms with Crippen molar-refractivity contribution in [2.24, 2.45) is 0 Å². The van der Waals surface area contributed by atoms with Crippen LogP contribution in [0.5, 0.6) is 0 Å². The van der Waals surface area contributed by atoms with Crippen LogP contribution in [-0.4, -0.2) is 24.2 Å². The summed E-state index contributed by atoms with van der Waals surface area (Å²) in [5.74, 6) is 0. The first-order valence-electron chi connectivity index (χ1n) is 3.61. The maximum Gasteiger partial charge on any atom is 0.172 e. The quantitative estimate of drug-likeness (QED) is 0.655. The molecule has 1 heterocycles. The number of anilines is 1. The molecule has 0 aliphatic carbocycles. The highest BCUT2D eigenvalue weighted by Crippen LogP contribution is 2.08. The second kappa shape index (κ2) is 4.01. The van der Waals surface area contributed by atoms with Gasteiger partial charge in [0, 0.05) is 20.3 Å². The summed E-state index contributed by atoms with van der Waals surface area (Å²) >= 11 is 5.05. The summed E-state index contributed by atoms with van der Waals surface area (Å²) in [6.07, 6.45) is 3.50. The topological polar surface area (TPSA) is 28.2 Å². The molecular formula is C8H11N3S. The van der Waals surface area contributed by atoms with Crippen LogP contribution in [0.25, 0.3) is 0 Å². The Morgan fingerprint density at radius 3 is 2.92 bits per heavy atom. The van der Waals surface area contributed by atoms with E-state index in [1.165, 1.54) is 0 Å². The highest BCUT2D eigenvalue weighted by atomic mass is 32.1. The van der Waals surface area contributed by atoms with Crippen LogP contribution in [0.4, 0.5) is 5.69 Å². The van der Waals surface area contributed by atoms with E-state index >= 15 is 0 Å². The van der Waals surface area contributed by atoms with E-state index in [4.69, 9.17) is 12.2 Å². The molecule has 0 amide bonds. The van der Waals surface area contributed by atoms with Crippen molar-refractivity contribution >= 4 is 23.0 Å². The molecule has 0 aromatic carbocycles. The van der Waals surface area contributed by atoms with Gasteiger partial charge in [-0.1, -0.05) is 0 Å². The van der Waals surface area contributed by atoms with Crippen LogP contribution in [0.2, 0.25) is 0 Å². The number of hydrogen-bond acceptors (Lipinski definition) is 2. The van der Waals surface area contributed by atoms with Crippen molar-refractivity contribution in [2.75, 3.05) is 19.0 Å². The minimum Gasteiger partial charge on any atom is -0.365 e. The SMILES string of the molecule is CNC(=S)N(C)c1cccnc1. The predicted molar refractivity (Wildman–Crippen MR) is 54.3 cm³/mol. The first-order chi connectivity index (χ1) is 5.75. The van der Waals surface area contributed by atoms with Gasteiger partial charge in [-0.3, -0.25) is 4.98 Å². The zero-order valence-corrected chi connectivity index (χ0v) is 7.93. The minimum absolute atomic E-state index is 0.683. The molecule has 1 aromatic heterocycles. The molecule has 4 heteroatoms. The van der Waals surface area contributed by atoms with E-state index in [-0.39, 0.29) is 0 Å². The van der Waals surface area contributed by atoms with Gasteiger partial charge in [-0.25, -0.2) is 0 Å². The largest absolute Gasteiger partial charge is 0.365 e. The third-order valence-corrected chi connectivity index (χ3v) is 2.03. The zero-order chi connectivity index (χ0) is 8.97. The van der Waals surface area contributed by atoms with Crippen molar-refractivity contribution in [3.8, 4) is 0 Å². The molecule has 1 N–H and O–H groups in total. The van der Waals surface area contributed by atoms with E-state index in [0.29, 0.717) is 5.11 Å². The molecule has 12 heavy (non-hydrogen) atoms. The summed E-state index contributed by atoms with van der Waals surface area (Å²) in [6.45, 7) is 0. The van der Waals surface area contributed by atoms with Crippen molar-refractivity contribution in [2.45, 2.75) is 0 Å². The van der Waals surface area contributed by atoms with Crippen LogP contribution in [0, 0.1) is 0 Å². The van der Waals surface area contributed by atoms with E-state index in [9.17, 15) is 0 Å². The molecule has 1 aromatic rings. The molecule has 0 fully saturated rings. The summed E-state index contributed by atoms with van der Waals surface area (Å²) in [7, 11) is 3.70. The van der Waals surface area contributed by atoms with Gasteiger partial charge in [0.05, 0.1) is 11.9 Å². The summed E-state index contributed by atoms with van der Waals surface area (Å²) in [5, 5.41) is 3.58. The molecule has 0 radical (unpaired) electrons. The van der Waals surface area contributed by atoms with Gasteiger partial charge in [0.2, 0.25) is 0 Å². The number of nitrogens with zero attached hydrogens (tertiary/aromatic N) is 2. The van der Waals surface area contributed by atoms with Crippen molar-refractivity contribution in [3.63, 3.8) is 0 Å². The average Bonchev–Trinajstić information content (AvgIpc) is 2.17. The fourth-order valence-electron chi connectivity index (χ4n) is 0.837. The Bertz CT molecular complexity index is 260. The Kier molecular flexibility index (Phi) is 2.99. The second-order valence-corrected chi connectivity index (χ2v) is 2.71. The summed E-state index contributed by atoms with van der Waals surface area (Å²) in [6, 6.07) is 3.83. The Balaban J connectivity index is 2.78. The molecule has 0 saturated carbocycles. The smallest absolute Gasteiger partial charge is 0.172 e. The average molecular weight is 181 g/mol. The zero-order valence-electron chi connectivity index (χ0n) is 7.11. The molecule has 0 aliphatic heterocycles. The number of nitrogens with one attached hydrogen (secondary N) is 1. The van der Waals surface area contributed by atoms with Gasteiger partial charge in [-0.2, -0.15) is 0 Å². The van der Waals surface area contributed by atoms with Crippen molar-refractivity contribution in [3.05, 3.63) is 24.5 Å². The highest BCUT2D eigenvalue weighted by Gasteiger charge is 2.02. The van der Waals surface area contributed by atoms with Crippen LogP contribution in [0.15, 0.2) is 24.5 Å². The van der Waals surface area contributed by atoms with Crippen molar-refractivity contribution in [1.29, 1.82) is 0 Å². The Labute approximate surface area is 77.4 Å². The standard InChI is InChI=1S/C8H11N3S/c1-9-8(12)11(2)7-4-3-5-10-6-7/h3-6H,1-2H3,(H,9,12). The molecule has 0 unspecified atom stereocenters. The van der Waals surface area contributed by atoms with Crippen LogP contribution < -0.4 is 10.2 Å². The van der Waals surface area contributed by atoms with E-state index in [0.717, 1.165) is 5.69 Å². The van der Waals surface area contributed by atoms with Gasteiger partial charge in [-0.05, 0) is 24.4 Å². The van der Waals surface area contributed by atoms with E-state index in [1.807, 2.05) is 24.1 Å². The predicted octanol–water partition coefficient (Wildman–Crippen LogP) is 1.02. The first kappa shape index (κ1) is 8.93. The number of rotatable bonds is 1. The molecule has 0 spiro atoms. The van der Waals surface area contributed by atoms with Crippen LogP contribution in [0.1, 0.15) is 0 Å². The lowest BCUT2D eigenvalue weighted by molar-refractivity contribution is 1.11. The van der Waals surface area contributed by atoms with Crippen molar-refractivity contribution in [1.82, 2.24) is 10.3 Å². The van der Waals surface area contributed by atoms with Crippen LogP contribution in [-0.2, 0) is 0 Å². The number of thiocarbonyl (C=S) groups is 1. The lowest BCUT2D eigenvalue weighted by atomic mass is 10.4. The van der Waals surface area contributed by atoms with Gasteiger partial charge in [0.25, 0.3) is 0 Å². The van der Waals surface area contributed by atoms with Gasteiger partial charge in [-0.15, -0.1) is 0 Å². The lowest BCUT2D eigenvalue weighted by Crippen LogP contribution is -2.34. The molecular weight excluding hydrogens is 170 g/mol. The maximum atomic E-state index is 5.05. The molecule has 0 aliphatic rings. The second-order valence-electron chi connectivity index (χ2n) is 2.33. The lowest BCUT2D eigenvalue weighted by Gasteiger charge is -2.18. The van der Waals surface area contributed by atoms with Crippen LogP contribution in [0.3, 0.4) is 0 Å². The van der Waals surface area contributed by atoms with Gasteiger partial charge in [0.1, 0.15) is 0 Å². The van der Waals surface area contributed by atoms with E-state index < -0.39 is 0 Å². The fourth-order valence-corrected chi connectivity index (χ4v) is 0.943. The monoisotopic (exact) mass is 181 g/mol. The number of hydrogen-bond donors (Lipinski definition) is 1. The van der Waals surface area contributed by atoms with Gasteiger partial charge in [0.15, 0.2) is 5.11 Å². The fraction of sp³-hybridized carbons (Fsp3) is 0.250. The summed E-state index contributed by atoms with van der Waals surface area (Å²) in [4.78, 5) is 5.86. The van der Waals surface area contributed by atoms with Gasteiger partial charge < -0.3 is 10.2 Å². The highest BCUT2D eigenvalue weighted by molar-refractivity contribution is 7.80.